The number of esters is 1. The third-order valence-corrected chi connectivity index (χ3v) is 2.88. The number of carbonyl (C=O) groups excluding carboxylic acids is 1. The first-order valence-electron chi connectivity index (χ1n) is 6.63. The monoisotopic (exact) mass is 270 g/mol. The number of hydrogen-bond donors (Lipinski definition) is 0. The highest BCUT2D eigenvalue weighted by Gasteiger charge is 2.06. The molecule has 0 N–H and O–H groups in total. The van der Waals surface area contributed by atoms with Crippen molar-refractivity contribution < 1.29 is 14.3 Å². The summed E-state index contributed by atoms with van der Waals surface area (Å²) < 4.78 is 10.5. The van der Waals surface area contributed by atoms with Crippen LogP contribution in [0.15, 0.2) is 54.6 Å². The number of para-hydroxylation sites is 1. The average molecular weight is 270 g/mol. The van der Waals surface area contributed by atoms with Gasteiger partial charge in [0.05, 0.1) is 0 Å². The Bertz CT molecular complexity index is 544. The van der Waals surface area contributed by atoms with E-state index in [-0.39, 0.29) is 6.61 Å². The van der Waals surface area contributed by atoms with Crippen molar-refractivity contribution in [3.63, 3.8) is 0 Å². The van der Waals surface area contributed by atoms with E-state index in [1.54, 1.807) is 24.3 Å². The number of benzene rings is 2. The van der Waals surface area contributed by atoms with Crippen LogP contribution in [0.1, 0.15) is 25.3 Å². The topological polar surface area (TPSA) is 35.5 Å². The largest absolute Gasteiger partial charge is 0.482 e. The highest BCUT2D eigenvalue weighted by Crippen LogP contribution is 2.18. The zero-order chi connectivity index (χ0) is 14.4. The Morgan fingerprint density at radius 1 is 0.950 bits per heavy atom. The van der Waals surface area contributed by atoms with E-state index in [0.717, 1.165) is 0 Å². The van der Waals surface area contributed by atoms with Gasteiger partial charge in [0.25, 0.3) is 0 Å². The normalized spacial score (nSPS) is 10.3. The van der Waals surface area contributed by atoms with Crippen LogP contribution >= 0.6 is 0 Å². The van der Waals surface area contributed by atoms with Gasteiger partial charge in [-0.2, -0.15) is 0 Å². The lowest BCUT2D eigenvalue weighted by Gasteiger charge is -2.08. The van der Waals surface area contributed by atoms with Crippen LogP contribution in [-0.4, -0.2) is 12.6 Å². The molecule has 0 fully saturated rings. The van der Waals surface area contributed by atoms with Crippen LogP contribution in [-0.2, 0) is 4.79 Å². The maximum absolute atomic E-state index is 11.7. The Kier molecular flexibility index (Phi) is 4.77. The molecule has 2 aromatic carbocycles. The van der Waals surface area contributed by atoms with E-state index in [0.29, 0.717) is 17.4 Å². The molecule has 0 amide bonds. The van der Waals surface area contributed by atoms with Crippen molar-refractivity contribution in [1.82, 2.24) is 0 Å². The van der Waals surface area contributed by atoms with E-state index < -0.39 is 5.97 Å². The van der Waals surface area contributed by atoms with E-state index in [1.165, 1.54) is 5.56 Å². The molecule has 0 aliphatic heterocycles. The third-order valence-electron chi connectivity index (χ3n) is 2.88. The van der Waals surface area contributed by atoms with Gasteiger partial charge in [-0.3, -0.25) is 0 Å². The summed E-state index contributed by atoms with van der Waals surface area (Å²) in [6.45, 7) is 4.14. The summed E-state index contributed by atoms with van der Waals surface area (Å²) >= 11 is 0. The molecule has 0 radical (unpaired) electrons. The summed E-state index contributed by atoms with van der Waals surface area (Å²) in [5.74, 6) is 1.24. The molecule has 2 rings (SSSR count). The Labute approximate surface area is 119 Å². The van der Waals surface area contributed by atoms with Gasteiger partial charge in [0.2, 0.25) is 0 Å². The smallest absolute Gasteiger partial charge is 0.349 e. The van der Waals surface area contributed by atoms with E-state index in [2.05, 4.69) is 13.8 Å². The predicted molar refractivity (Wildman–Crippen MR) is 78.1 cm³/mol. The quantitative estimate of drug-likeness (QED) is 0.612. The molecule has 2 aromatic rings. The van der Waals surface area contributed by atoms with Crippen molar-refractivity contribution >= 4 is 5.97 Å². The standard InChI is InChI=1S/C17H18O3/c1-13(2)14-8-10-16(11-9-14)20-17(18)12-19-15-6-4-3-5-7-15/h3-11,13H,12H2,1-2H3. The highest BCUT2D eigenvalue weighted by molar-refractivity contribution is 5.73. The van der Waals surface area contributed by atoms with Crippen molar-refractivity contribution in [2.75, 3.05) is 6.61 Å². The van der Waals surface area contributed by atoms with Gasteiger partial charge >= 0.3 is 5.97 Å². The first-order valence-corrected chi connectivity index (χ1v) is 6.63. The predicted octanol–water partition coefficient (Wildman–Crippen LogP) is 3.79. The van der Waals surface area contributed by atoms with Gasteiger partial charge in [0, 0.05) is 0 Å². The van der Waals surface area contributed by atoms with Gasteiger partial charge in [0.15, 0.2) is 6.61 Å². The lowest BCUT2D eigenvalue weighted by atomic mass is 10.0. The van der Waals surface area contributed by atoms with Crippen LogP contribution in [0.3, 0.4) is 0 Å². The van der Waals surface area contributed by atoms with Crippen LogP contribution in [0.25, 0.3) is 0 Å². The Morgan fingerprint density at radius 2 is 1.60 bits per heavy atom. The molecule has 104 valence electrons. The second kappa shape index (κ2) is 6.75. The van der Waals surface area contributed by atoms with E-state index in [4.69, 9.17) is 9.47 Å². The minimum absolute atomic E-state index is 0.101. The molecule has 0 aliphatic carbocycles. The van der Waals surface area contributed by atoms with Gasteiger partial charge in [-0.05, 0) is 35.7 Å². The minimum Gasteiger partial charge on any atom is -0.482 e. The van der Waals surface area contributed by atoms with Crippen molar-refractivity contribution in [3.05, 3.63) is 60.2 Å². The van der Waals surface area contributed by atoms with Crippen molar-refractivity contribution in [2.24, 2.45) is 0 Å². The molecular formula is C17H18O3. The van der Waals surface area contributed by atoms with Gasteiger partial charge in [-0.25, -0.2) is 4.79 Å². The van der Waals surface area contributed by atoms with Crippen LogP contribution in [0.2, 0.25) is 0 Å². The van der Waals surface area contributed by atoms with Crippen LogP contribution in [0.4, 0.5) is 0 Å². The summed E-state index contributed by atoms with van der Waals surface area (Å²) in [5, 5.41) is 0. The maximum atomic E-state index is 11.7. The molecule has 0 spiro atoms. The molecule has 3 heteroatoms. The zero-order valence-electron chi connectivity index (χ0n) is 11.7. The molecule has 0 aliphatic rings. The summed E-state index contributed by atoms with van der Waals surface area (Å²) in [4.78, 5) is 11.7. The number of carbonyl (C=O) groups is 1. The van der Waals surface area contributed by atoms with Gasteiger partial charge in [-0.1, -0.05) is 44.2 Å². The first kappa shape index (κ1) is 14.1. The SMILES string of the molecule is CC(C)c1ccc(OC(=O)COc2ccccc2)cc1. The fourth-order valence-electron chi connectivity index (χ4n) is 1.74. The fourth-order valence-corrected chi connectivity index (χ4v) is 1.74. The van der Waals surface area contributed by atoms with Crippen LogP contribution < -0.4 is 9.47 Å². The first-order chi connectivity index (χ1) is 9.65. The molecule has 0 saturated heterocycles. The molecule has 0 saturated carbocycles. The number of hydrogen-bond acceptors (Lipinski definition) is 3. The molecule has 0 atom stereocenters. The molecular weight excluding hydrogens is 252 g/mol. The van der Waals surface area contributed by atoms with Gasteiger partial charge in [0.1, 0.15) is 11.5 Å². The second-order valence-corrected chi connectivity index (χ2v) is 4.80. The van der Waals surface area contributed by atoms with E-state index in [9.17, 15) is 4.79 Å². The van der Waals surface area contributed by atoms with Gasteiger partial charge < -0.3 is 9.47 Å². The summed E-state index contributed by atoms with van der Waals surface area (Å²) in [7, 11) is 0. The molecule has 0 bridgehead atoms. The zero-order valence-corrected chi connectivity index (χ0v) is 11.7. The number of ether oxygens (including phenoxy) is 2. The Morgan fingerprint density at radius 3 is 2.20 bits per heavy atom. The molecule has 20 heavy (non-hydrogen) atoms. The second-order valence-electron chi connectivity index (χ2n) is 4.80. The Hall–Kier alpha value is -2.29. The summed E-state index contributed by atoms with van der Waals surface area (Å²) in [6.07, 6.45) is 0. The minimum atomic E-state index is -0.411. The molecule has 0 aromatic heterocycles. The Balaban J connectivity index is 1.85. The third kappa shape index (κ3) is 4.12. The number of rotatable bonds is 5. The summed E-state index contributed by atoms with van der Waals surface area (Å²) in [5.41, 5.74) is 1.21. The lowest BCUT2D eigenvalue weighted by molar-refractivity contribution is -0.136. The lowest BCUT2D eigenvalue weighted by Crippen LogP contribution is -2.17. The van der Waals surface area contributed by atoms with Crippen LogP contribution in [0.5, 0.6) is 11.5 Å². The van der Waals surface area contributed by atoms with Gasteiger partial charge in [-0.15, -0.1) is 0 Å². The van der Waals surface area contributed by atoms with Crippen LogP contribution in [0, 0.1) is 0 Å². The van der Waals surface area contributed by atoms with Crippen molar-refractivity contribution in [3.8, 4) is 11.5 Å². The molecule has 0 unspecified atom stereocenters. The highest BCUT2D eigenvalue weighted by atomic mass is 16.6. The van der Waals surface area contributed by atoms with E-state index in [1.807, 2.05) is 30.3 Å². The van der Waals surface area contributed by atoms with E-state index >= 15 is 0 Å². The molecule has 3 nitrogen and oxygen atoms in total. The summed E-state index contributed by atoms with van der Waals surface area (Å²) in [6, 6.07) is 16.7. The average Bonchev–Trinajstić information content (AvgIpc) is 2.47. The molecule has 0 heterocycles. The fraction of sp³-hybridized carbons (Fsp3) is 0.235. The van der Waals surface area contributed by atoms with Crippen molar-refractivity contribution in [2.45, 2.75) is 19.8 Å². The maximum Gasteiger partial charge on any atom is 0.349 e. The van der Waals surface area contributed by atoms with Crippen molar-refractivity contribution in [1.29, 1.82) is 0 Å².